The highest BCUT2D eigenvalue weighted by atomic mass is 79.9. The zero-order chi connectivity index (χ0) is 25.1. The maximum absolute atomic E-state index is 13.2. The van der Waals surface area contributed by atoms with E-state index in [4.69, 9.17) is 44.9 Å². The molecule has 0 saturated carbocycles. The Hall–Kier alpha value is -2.91. The van der Waals surface area contributed by atoms with E-state index in [1.54, 1.807) is 48.5 Å². The summed E-state index contributed by atoms with van der Waals surface area (Å²) >= 11 is 20.6. The smallest absolute Gasteiger partial charge is 0.270 e. The molecule has 6 nitrogen and oxygen atoms in total. The molecule has 0 bridgehead atoms. The van der Waals surface area contributed by atoms with Gasteiger partial charge in [-0.3, -0.25) is 19.8 Å². The van der Waals surface area contributed by atoms with Gasteiger partial charge >= 0.3 is 0 Å². The molecule has 1 N–H and O–H groups in total. The van der Waals surface area contributed by atoms with Gasteiger partial charge in [0.25, 0.3) is 11.8 Å². The lowest BCUT2D eigenvalue weighted by molar-refractivity contribution is -0.122. The van der Waals surface area contributed by atoms with Crippen LogP contribution < -0.4 is 19.7 Å². The number of hydrogen-bond acceptors (Lipinski definition) is 5. The van der Waals surface area contributed by atoms with Gasteiger partial charge in [0.1, 0.15) is 12.2 Å². The third-order valence-corrected chi connectivity index (χ3v) is 6.42. The molecule has 0 aliphatic carbocycles. The van der Waals surface area contributed by atoms with Gasteiger partial charge in [0, 0.05) is 10.0 Å². The number of nitrogens with one attached hydrogen (secondary N) is 1. The maximum atomic E-state index is 13.2. The summed E-state index contributed by atoms with van der Waals surface area (Å²) in [6.07, 6.45) is 1.47. The van der Waals surface area contributed by atoms with Crippen LogP contribution in [0.2, 0.25) is 10.0 Å². The van der Waals surface area contributed by atoms with E-state index in [1.807, 2.05) is 12.1 Å². The Labute approximate surface area is 225 Å². The molecule has 4 rings (SSSR count). The van der Waals surface area contributed by atoms with E-state index in [2.05, 4.69) is 21.2 Å². The van der Waals surface area contributed by atoms with Crippen molar-refractivity contribution in [2.24, 2.45) is 0 Å². The van der Waals surface area contributed by atoms with Gasteiger partial charge in [0.05, 0.1) is 17.3 Å². The van der Waals surface area contributed by atoms with E-state index in [1.165, 1.54) is 18.1 Å². The van der Waals surface area contributed by atoms with Gasteiger partial charge in [-0.15, -0.1) is 0 Å². The third-order valence-electron chi connectivity index (χ3n) is 5.05. The van der Waals surface area contributed by atoms with Crippen molar-refractivity contribution in [1.82, 2.24) is 5.32 Å². The van der Waals surface area contributed by atoms with Gasteiger partial charge in [-0.25, -0.2) is 0 Å². The summed E-state index contributed by atoms with van der Waals surface area (Å²) in [7, 11) is 1.51. The SMILES string of the molecule is COc1cc(/C=C2\C(=O)NC(=S)N(c3ccc(Cl)cc3)C2=O)cc(Br)c1OCc1ccc(Cl)cc1. The van der Waals surface area contributed by atoms with Crippen LogP contribution in [0.1, 0.15) is 11.1 Å². The molecule has 1 aliphatic rings. The molecule has 10 heteroatoms. The summed E-state index contributed by atoms with van der Waals surface area (Å²) in [5.74, 6) is -0.246. The first-order valence-corrected chi connectivity index (χ1v) is 12.1. The van der Waals surface area contributed by atoms with Crippen molar-refractivity contribution in [3.05, 3.63) is 91.9 Å². The lowest BCUT2D eigenvalue weighted by Crippen LogP contribution is -2.54. The minimum absolute atomic E-state index is 0.0100. The number of halogens is 3. The average molecular weight is 592 g/mol. The van der Waals surface area contributed by atoms with Crippen LogP contribution in [0.3, 0.4) is 0 Å². The zero-order valence-corrected chi connectivity index (χ0v) is 22.1. The number of ether oxygens (including phenoxy) is 2. The normalized spacial score (nSPS) is 14.8. The molecule has 0 unspecified atom stereocenters. The number of methoxy groups -OCH3 is 1. The van der Waals surface area contributed by atoms with E-state index in [0.717, 1.165) is 5.56 Å². The van der Waals surface area contributed by atoms with E-state index in [9.17, 15) is 9.59 Å². The maximum Gasteiger partial charge on any atom is 0.270 e. The Balaban J connectivity index is 1.63. The molecule has 0 radical (unpaired) electrons. The lowest BCUT2D eigenvalue weighted by Gasteiger charge is -2.29. The summed E-state index contributed by atoms with van der Waals surface area (Å²) in [5.41, 5.74) is 1.88. The van der Waals surface area contributed by atoms with Crippen LogP contribution >= 0.6 is 51.3 Å². The molecular formula is C25H17BrCl2N2O4S. The van der Waals surface area contributed by atoms with Crippen molar-refractivity contribution in [2.45, 2.75) is 6.61 Å². The molecule has 1 saturated heterocycles. The number of thiocarbonyl (C=S) groups is 1. The average Bonchev–Trinajstić information content (AvgIpc) is 2.83. The Morgan fingerprint density at radius 1 is 1.03 bits per heavy atom. The van der Waals surface area contributed by atoms with Gasteiger partial charge < -0.3 is 9.47 Å². The highest BCUT2D eigenvalue weighted by molar-refractivity contribution is 9.10. The minimum Gasteiger partial charge on any atom is -0.493 e. The predicted molar refractivity (Wildman–Crippen MR) is 144 cm³/mol. The van der Waals surface area contributed by atoms with Crippen LogP contribution in [0.25, 0.3) is 6.08 Å². The van der Waals surface area contributed by atoms with Crippen molar-refractivity contribution in [1.29, 1.82) is 0 Å². The molecule has 0 spiro atoms. The summed E-state index contributed by atoms with van der Waals surface area (Å²) in [5, 5.41) is 3.70. The topological polar surface area (TPSA) is 67.9 Å². The second-order valence-corrected chi connectivity index (χ2v) is 9.50. The molecule has 35 heavy (non-hydrogen) atoms. The fraction of sp³-hybridized carbons (Fsp3) is 0.0800. The Morgan fingerprint density at radius 3 is 2.29 bits per heavy atom. The van der Waals surface area contributed by atoms with Crippen molar-refractivity contribution >= 4 is 80.0 Å². The molecule has 1 fully saturated rings. The number of hydrogen-bond donors (Lipinski definition) is 1. The van der Waals surface area contributed by atoms with Crippen molar-refractivity contribution in [3.63, 3.8) is 0 Å². The lowest BCUT2D eigenvalue weighted by atomic mass is 10.1. The number of rotatable bonds is 6. The van der Waals surface area contributed by atoms with Crippen LogP contribution in [0.5, 0.6) is 11.5 Å². The monoisotopic (exact) mass is 590 g/mol. The second kappa shape index (κ2) is 10.8. The summed E-state index contributed by atoms with van der Waals surface area (Å²) in [4.78, 5) is 27.1. The van der Waals surface area contributed by atoms with Crippen LogP contribution in [-0.4, -0.2) is 24.0 Å². The minimum atomic E-state index is -0.594. The number of amides is 2. The van der Waals surface area contributed by atoms with Crippen LogP contribution in [0, 0.1) is 0 Å². The number of anilines is 1. The standard InChI is InChI=1S/C25H17BrCl2N2O4S/c1-33-21-12-15(11-20(26)22(21)34-13-14-2-4-16(27)5-3-14)10-19-23(31)29-25(35)30(24(19)32)18-8-6-17(28)7-9-18/h2-12H,13H2,1H3,(H,29,31,35)/b19-10+. The first-order valence-electron chi connectivity index (χ1n) is 10.2. The van der Waals surface area contributed by atoms with Crippen molar-refractivity contribution in [3.8, 4) is 11.5 Å². The molecular weight excluding hydrogens is 575 g/mol. The van der Waals surface area contributed by atoms with E-state index < -0.39 is 11.8 Å². The number of benzene rings is 3. The van der Waals surface area contributed by atoms with Gasteiger partial charge in [-0.1, -0.05) is 35.3 Å². The zero-order valence-electron chi connectivity index (χ0n) is 18.2. The van der Waals surface area contributed by atoms with Crippen molar-refractivity contribution < 1.29 is 19.1 Å². The van der Waals surface area contributed by atoms with Crippen LogP contribution in [-0.2, 0) is 16.2 Å². The fourth-order valence-electron chi connectivity index (χ4n) is 3.35. The van der Waals surface area contributed by atoms with E-state index >= 15 is 0 Å². The molecule has 178 valence electrons. The largest absolute Gasteiger partial charge is 0.493 e. The summed E-state index contributed by atoms with van der Waals surface area (Å²) in [6.45, 7) is 0.293. The quantitative estimate of drug-likeness (QED) is 0.211. The Morgan fingerprint density at radius 2 is 1.66 bits per heavy atom. The first-order chi connectivity index (χ1) is 16.8. The molecule has 3 aromatic rings. The second-order valence-electron chi connectivity index (χ2n) is 7.38. The van der Waals surface area contributed by atoms with Gasteiger partial charge in [0.15, 0.2) is 16.6 Å². The molecule has 1 heterocycles. The van der Waals surface area contributed by atoms with Crippen LogP contribution in [0.4, 0.5) is 5.69 Å². The molecule has 3 aromatic carbocycles. The van der Waals surface area contributed by atoms with E-state index in [0.29, 0.717) is 43.9 Å². The highest BCUT2D eigenvalue weighted by Gasteiger charge is 2.34. The van der Waals surface area contributed by atoms with Gasteiger partial charge in [-0.2, -0.15) is 0 Å². The summed E-state index contributed by atoms with van der Waals surface area (Å²) < 4.78 is 12.0. The van der Waals surface area contributed by atoms with E-state index in [-0.39, 0.29) is 10.7 Å². The third kappa shape index (κ3) is 5.67. The fourth-order valence-corrected chi connectivity index (χ4v) is 4.46. The number of carbonyl (C=O) groups is 2. The number of carbonyl (C=O) groups excluding carboxylic acids is 2. The van der Waals surface area contributed by atoms with Gasteiger partial charge in [0.2, 0.25) is 0 Å². The van der Waals surface area contributed by atoms with Crippen LogP contribution in [0.15, 0.2) is 70.7 Å². The molecule has 2 amide bonds. The molecule has 1 aliphatic heterocycles. The first kappa shape index (κ1) is 25.2. The predicted octanol–water partition coefficient (Wildman–Crippen LogP) is 6.17. The summed E-state index contributed by atoms with van der Waals surface area (Å²) in [6, 6.07) is 17.3. The Bertz CT molecular complexity index is 1340. The Kier molecular flexibility index (Phi) is 7.76. The van der Waals surface area contributed by atoms with Gasteiger partial charge in [-0.05, 0) is 93.9 Å². The van der Waals surface area contributed by atoms with Crippen molar-refractivity contribution in [2.75, 3.05) is 12.0 Å². The molecule has 0 aromatic heterocycles. The number of nitrogens with zero attached hydrogens (tertiary/aromatic N) is 1. The molecule has 0 atom stereocenters. The highest BCUT2D eigenvalue weighted by Crippen LogP contribution is 2.38.